The van der Waals surface area contributed by atoms with E-state index in [1.807, 2.05) is 0 Å². The van der Waals surface area contributed by atoms with Crippen LogP contribution in [-0.2, 0) is 31.6 Å². The second-order valence-corrected chi connectivity index (χ2v) is 10.7. The van der Waals surface area contributed by atoms with Crippen molar-refractivity contribution in [3.63, 3.8) is 0 Å². The van der Waals surface area contributed by atoms with E-state index in [9.17, 15) is 28.1 Å². The van der Waals surface area contributed by atoms with Gasteiger partial charge >= 0.3 is 23.5 Å². The number of aliphatic hydroxyl groups excluding tert-OH is 1. The first-order valence-electron chi connectivity index (χ1n) is 8.17. The number of hydrogen-bond donors (Lipinski definition) is 6. The van der Waals surface area contributed by atoms with Gasteiger partial charge in [0.05, 0.1) is 23.5 Å². The lowest BCUT2D eigenvalue weighted by Gasteiger charge is -2.19. The van der Waals surface area contributed by atoms with E-state index < -0.39 is 54.6 Å². The summed E-state index contributed by atoms with van der Waals surface area (Å²) in [5, 5.41) is 14.1. The summed E-state index contributed by atoms with van der Waals surface area (Å²) in [4.78, 5) is 35.5. The van der Waals surface area contributed by atoms with Crippen molar-refractivity contribution >= 4 is 34.7 Å². The molecule has 0 aromatic carbocycles. The van der Waals surface area contributed by atoms with Gasteiger partial charge in [-0.1, -0.05) is 0 Å². The van der Waals surface area contributed by atoms with Gasteiger partial charge in [0.2, 0.25) is 0 Å². The number of rotatable bonds is 8. The second-order valence-electron chi connectivity index (χ2n) is 6.26. The van der Waals surface area contributed by atoms with Crippen LogP contribution in [0.15, 0.2) is 24.4 Å². The Balaban J connectivity index is 1.69. The van der Waals surface area contributed by atoms with E-state index in [-0.39, 0.29) is 5.69 Å². The summed E-state index contributed by atoms with van der Waals surface area (Å²) >= 11 is 0. The number of ether oxygens (including phenoxy) is 1. The molecule has 1 fully saturated rings. The maximum atomic E-state index is 14.6. The molecule has 174 valence electrons. The molecule has 2 unspecified atom stereocenters. The lowest BCUT2D eigenvalue weighted by atomic mass is 10.1. The van der Waals surface area contributed by atoms with E-state index in [1.165, 1.54) is 22.8 Å². The van der Waals surface area contributed by atoms with Crippen molar-refractivity contribution in [3.05, 3.63) is 30.1 Å². The highest BCUT2D eigenvalue weighted by Crippen LogP contribution is 2.66. The first-order valence-corrected chi connectivity index (χ1v) is 12.7. The third-order valence-electron chi connectivity index (χ3n) is 4.04. The fraction of sp³-hybridized carbons (Fsp3) is 0.417. The van der Waals surface area contributed by atoms with E-state index in [2.05, 4.69) is 18.2 Å². The molecule has 3 rings (SSSR count). The molecule has 15 nitrogen and oxygen atoms in total. The molecule has 31 heavy (non-hydrogen) atoms. The van der Waals surface area contributed by atoms with Crippen molar-refractivity contribution < 1.29 is 60.6 Å². The summed E-state index contributed by atoms with van der Waals surface area (Å²) in [6, 6.07) is 4.51. The number of halogens is 1. The van der Waals surface area contributed by atoms with E-state index >= 15 is 0 Å². The summed E-state index contributed by atoms with van der Waals surface area (Å²) in [5.74, 6) is 0. The molecule has 0 bridgehead atoms. The molecule has 2 aromatic heterocycles. The molecule has 19 heteroatoms. The van der Waals surface area contributed by atoms with Crippen LogP contribution in [0.1, 0.15) is 11.8 Å². The minimum absolute atomic E-state index is 0.176. The molecule has 3 heterocycles. The molecular weight excluding hydrogens is 490 g/mol. The van der Waals surface area contributed by atoms with Gasteiger partial charge in [-0.05, 0) is 18.2 Å². The van der Waals surface area contributed by atoms with Gasteiger partial charge in [0.25, 0.3) is 0 Å². The van der Waals surface area contributed by atoms with Crippen LogP contribution >= 0.6 is 23.5 Å². The number of aromatic nitrogens is 2. The normalized spacial score (nSPS) is 28.5. The quantitative estimate of drug-likeness (QED) is 0.266. The lowest BCUT2D eigenvalue weighted by Crippen LogP contribution is -2.31. The molecule has 6 atom stereocenters. The molecule has 0 spiro atoms. The van der Waals surface area contributed by atoms with Crippen molar-refractivity contribution in [2.24, 2.45) is 0 Å². The van der Waals surface area contributed by atoms with Crippen LogP contribution in [0.3, 0.4) is 0 Å². The fourth-order valence-corrected chi connectivity index (χ4v) is 5.87. The predicted molar refractivity (Wildman–Crippen MR) is 97.9 cm³/mol. The molecule has 1 saturated heterocycles. The number of hydrogen-bond acceptors (Lipinski definition) is 10. The SMILES string of the molecule is Nc1ccnn2c([C@@H]3O[C@H](COP(=O)(O)OP(=O)(O)OP(=O)(O)O)[C@@H](O)[C@H]3F)ccc12. The Hall–Kier alpha value is -1.25. The Labute approximate surface area is 172 Å². The van der Waals surface area contributed by atoms with Gasteiger partial charge in [-0.25, -0.2) is 22.6 Å². The number of alkyl halides is 1. The van der Waals surface area contributed by atoms with Gasteiger partial charge in [0.15, 0.2) is 6.17 Å². The number of nitrogens with two attached hydrogens (primary N) is 1. The topological polar surface area (TPSA) is 233 Å². The maximum Gasteiger partial charge on any atom is 0.490 e. The molecular formula is C12H17FN3O12P3. The molecule has 2 aromatic rings. The zero-order valence-electron chi connectivity index (χ0n) is 15.1. The Bertz CT molecular complexity index is 1110. The van der Waals surface area contributed by atoms with Crippen molar-refractivity contribution in [1.82, 2.24) is 9.61 Å². The average Bonchev–Trinajstić information content (AvgIpc) is 3.13. The Morgan fingerprint density at radius 1 is 1.13 bits per heavy atom. The number of nitrogen functional groups attached to an aromatic ring is 1. The van der Waals surface area contributed by atoms with Crippen LogP contribution in [0, 0.1) is 0 Å². The second kappa shape index (κ2) is 8.60. The summed E-state index contributed by atoms with van der Waals surface area (Å²) < 4.78 is 66.5. The number of phosphoric ester groups is 1. The molecule has 1 aliphatic heterocycles. The standard InChI is InChI=1S/C12H17FN3O12P3/c13-10-11(17)9(5-25-30(21,22)28-31(23,24)27-29(18,19)20)26-12(10)8-2-1-7-6(14)3-4-15-16(7)8/h1-4,9-12,17H,5,14H2,(H,21,22)(H,23,24)(H2,18,19,20)/t9-,10-,11-,12+/m1/s1. The van der Waals surface area contributed by atoms with Crippen LogP contribution in [0.2, 0.25) is 0 Å². The number of anilines is 1. The zero-order valence-corrected chi connectivity index (χ0v) is 17.8. The van der Waals surface area contributed by atoms with Crippen molar-refractivity contribution in [3.8, 4) is 0 Å². The van der Waals surface area contributed by atoms with Crippen LogP contribution in [0.4, 0.5) is 10.1 Å². The molecule has 0 amide bonds. The molecule has 0 aliphatic carbocycles. The summed E-state index contributed by atoms with van der Waals surface area (Å²) in [6.07, 6.45) is -5.41. The largest absolute Gasteiger partial charge is 0.490 e. The Kier molecular flexibility index (Phi) is 6.76. The molecule has 7 N–H and O–H groups in total. The number of phosphoric acid groups is 3. The third kappa shape index (κ3) is 5.76. The third-order valence-corrected chi connectivity index (χ3v) is 7.85. The van der Waals surface area contributed by atoms with Gasteiger partial charge in [-0.15, -0.1) is 0 Å². The Morgan fingerprint density at radius 2 is 1.81 bits per heavy atom. The van der Waals surface area contributed by atoms with Gasteiger partial charge in [-0.3, -0.25) is 4.52 Å². The fourth-order valence-electron chi connectivity index (χ4n) is 2.84. The van der Waals surface area contributed by atoms with Crippen molar-refractivity contribution in [2.45, 2.75) is 24.5 Å². The number of aliphatic hydroxyl groups is 1. The van der Waals surface area contributed by atoms with E-state index in [0.717, 1.165) is 0 Å². The van der Waals surface area contributed by atoms with Gasteiger partial charge in [0, 0.05) is 6.20 Å². The summed E-state index contributed by atoms with van der Waals surface area (Å²) in [5.41, 5.74) is 6.77. The predicted octanol–water partition coefficient (Wildman–Crippen LogP) is 0.399. The van der Waals surface area contributed by atoms with Gasteiger partial charge in [-0.2, -0.15) is 13.7 Å². The zero-order chi connectivity index (χ0) is 23.2. The van der Waals surface area contributed by atoms with E-state index in [4.69, 9.17) is 25.2 Å². The van der Waals surface area contributed by atoms with Crippen LogP contribution in [0.5, 0.6) is 0 Å². The van der Waals surface area contributed by atoms with E-state index in [0.29, 0.717) is 11.2 Å². The average molecular weight is 507 g/mol. The van der Waals surface area contributed by atoms with Crippen LogP contribution in [-0.4, -0.2) is 59.3 Å². The monoisotopic (exact) mass is 507 g/mol. The lowest BCUT2D eigenvalue weighted by molar-refractivity contribution is -0.0235. The van der Waals surface area contributed by atoms with Crippen molar-refractivity contribution in [1.29, 1.82) is 0 Å². The minimum atomic E-state index is -5.71. The molecule has 1 aliphatic rings. The van der Waals surface area contributed by atoms with Crippen LogP contribution < -0.4 is 5.73 Å². The highest BCUT2D eigenvalue weighted by atomic mass is 31.3. The smallest absolute Gasteiger partial charge is 0.397 e. The van der Waals surface area contributed by atoms with Gasteiger partial charge < -0.3 is 35.2 Å². The Morgan fingerprint density at radius 3 is 2.45 bits per heavy atom. The summed E-state index contributed by atoms with van der Waals surface area (Å²) in [7, 11) is -16.7. The summed E-state index contributed by atoms with van der Waals surface area (Å²) in [6.45, 7) is -0.999. The van der Waals surface area contributed by atoms with E-state index in [1.54, 1.807) is 6.07 Å². The molecule has 0 saturated carbocycles. The van der Waals surface area contributed by atoms with Crippen molar-refractivity contribution in [2.75, 3.05) is 12.3 Å². The first kappa shape index (κ1) is 24.4. The maximum absolute atomic E-state index is 14.6. The number of nitrogens with zero attached hydrogens (tertiary/aromatic N) is 2. The minimum Gasteiger partial charge on any atom is -0.397 e. The highest BCUT2D eigenvalue weighted by molar-refractivity contribution is 7.66. The van der Waals surface area contributed by atoms with Gasteiger partial charge in [0.1, 0.15) is 18.3 Å². The molecule has 0 radical (unpaired) electrons. The van der Waals surface area contributed by atoms with Crippen LogP contribution in [0.25, 0.3) is 5.52 Å². The number of fused-ring (bicyclic) bond motifs is 1. The first-order chi connectivity index (χ1) is 14.2. The highest BCUT2D eigenvalue weighted by Gasteiger charge is 2.48.